The molecule has 2 aromatic carbocycles. The van der Waals surface area contributed by atoms with Gasteiger partial charge in [0.25, 0.3) is 10.0 Å². The van der Waals surface area contributed by atoms with Gasteiger partial charge in [-0.3, -0.25) is 9.62 Å². The molecule has 5 nitrogen and oxygen atoms in total. The molecule has 140 valence electrons. The normalized spacial score (nSPS) is 18.6. The van der Waals surface area contributed by atoms with Crippen molar-refractivity contribution >= 4 is 15.7 Å². The van der Waals surface area contributed by atoms with E-state index in [9.17, 15) is 8.42 Å². The second-order valence-corrected chi connectivity index (χ2v) is 8.16. The Bertz CT molecular complexity index is 817. The number of aryl methyl sites for hydroxylation is 1. The van der Waals surface area contributed by atoms with Crippen LogP contribution in [0.1, 0.15) is 31.1 Å². The minimum absolute atomic E-state index is 0.0379. The van der Waals surface area contributed by atoms with E-state index in [0.29, 0.717) is 5.69 Å². The van der Waals surface area contributed by atoms with Crippen molar-refractivity contribution < 1.29 is 13.2 Å². The van der Waals surface area contributed by atoms with Crippen LogP contribution in [0.25, 0.3) is 0 Å². The van der Waals surface area contributed by atoms with Crippen LogP contribution in [0.15, 0.2) is 53.4 Å². The minimum Gasteiger partial charge on any atom is -0.371 e. The highest BCUT2D eigenvalue weighted by Gasteiger charge is 2.21. The molecule has 1 unspecified atom stereocenters. The molecule has 0 aromatic heterocycles. The molecule has 1 saturated heterocycles. The molecule has 26 heavy (non-hydrogen) atoms. The van der Waals surface area contributed by atoms with Crippen LogP contribution < -0.4 is 4.72 Å². The Labute approximate surface area is 156 Å². The molecule has 0 spiro atoms. The molecule has 1 fully saturated rings. The molecule has 0 radical (unpaired) electrons. The molecule has 1 N–H and O–H groups in total. The highest BCUT2D eigenvalue weighted by atomic mass is 32.2. The summed E-state index contributed by atoms with van der Waals surface area (Å²) in [5.74, 6) is 0. The Hall–Kier alpha value is -1.89. The first-order valence-corrected chi connectivity index (χ1v) is 10.6. The van der Waals surface area contributed by atoms with E-state index in [-0.39, 0.29) is 11.0 Å². The van der Waals surface area contributed by atoms with Gasteiger partial charge in [-0.2, -0.15) is 0 Å². The third kappa shape index (κ3) is 4.44. The number of anilines is 1. The summed E-state index contributed by atoms with van der Waals surface area (Å²) in [6.45, 7) is 7.74. The van der Waals surface area contributed by atoms with Crippen molar-refractivity contribution in [1.29, 1.82) is 0 Å². The molecule has 0 saturated carbocycles. The van der Waals surface area contributed by atoms with Crippen LogP contribution in [-0.4, -0.2) is 39.6 Å². The number of nitrogens with one attached hydrogen (secondary N) is 1. The molecule has 0 amide bonds. The highest BCUT2D eigenvalue weighted by Crippen LogP contribution is 2.24. The fourth-order valence-electron chi connectivity index (χ4n) is 3.08. The van der Waals surface area contributed by atoms with Crippen molar-refractivity contribution in [2.75, 3.05) is 31.0 Å². The third-order valence-corrected chi connectivity index (χ3v) is 6.17. The highest BCUT2D eigenvalue weighted by molar-refractivity contribution is 7.92. The number of morpholine rings is 1. The number of nitrogens with zero attached hydrogens (tertiary/aromatic N) is 1. The summed E-state index contributed by atoms with van der Waals surface area (Å²) < 4.78 is 33.5. The van der Waals surface area contributed by atoms with Crippen molar-refractivity contribution in [3.63, 3.8) is 0 Å². The molecule has 1 atom stereocenters. The van der Waals surface area contributed by atoms with E-state index < -0.39 is 10.0 Å². The van der Waals surface area contributed by atoms with E-state index in [2.05, 4.69) is 16.5 Å². The quantitative estimate of drug-likeness (QED) is 0.841. The van der Waals surface area contributed by atoms with Crippen molar-refractivity contribution in [1.82, 2.24) is 4.90 Å². The first-order chi connectivity index (χ1) is 12.5. The summed E-state index contributed by atoms with van der Waals surface area (Å²) in [7, 11) is -3.58. The predicted molar refractivity (Wildman–Crippen MR) is 104 cm³/mol. The van der Waals surface area contributed by atoms with Gasteiger partial charge in [-0.05, 0) is 48.4 Å². The number of ether oxygens (including phenoxy) is 1. The molecular weight excluding hydrogens is 348 g/mol. The summed E-state index contributed by atoms with van der Waals surface area (Å²) in [4.78, 5) is 2.62. The van der Waals surface area contributed by atoms with Crippen molar-refractivity contribution in [3.8, 4) is 0 Å². The van der Waals surface area contributed by atoms with Gasteiger partial charge < -0.3 is 4.74 Å². The Kier molecular flexibility index (Phi) is 5.96. The van der Waals surface area contributed by atoms with Crippen LogP contribution in [0.4, 0.5) is 5.69 Å². The number of rotatable bonds is 6. The van der Waals surface area contributed by atoms with Crippen molar-refractivity contribution in [2.24, 2.45) is 0 Å². The maximum absolute atomic E-state index is 12.5. The second kappa shape index (κ2) is 8.20. The smallest absolute Gasteiger partial charge is 0.261 e. The van der Waals surface area contributed by atoms with Gasteiger partial charge in [0.15, 0.2) is 0 Å². The largest absolute Gasteiger partial charge is 0.371 e. The zero-order valence-electron chi connectivity index (χ0n) is 15.3. The zero-order valence-corrected chi connectivity index (χ0v) is 16.1. The number of benzene rings is 2. The second-order valence-electron chi connectivity index (χ2n) is 6.48. The standard InChI is InChI=1S/C20H26N2O3S/c1-3-16-5-11-19(12-6-16)26(23,24)21-18-9-7-17(8-10-18)20-15-22(4-2)13-14-25-20/h5-12,20-21H,3-4,13-15H2,1-2H3. The van der Waals surface area contributed by atoms with Gasteiger partial charge in [-0.25, -0.2) is 8.42 Å². The summed E-state index contributed by atoms with van der Waals surface area (Å²) in [6.07, 6.45) is 0.921. The molecule has 3 rings (SSSR count). The van der Waals surface area contributed by atoms with Crippen molar-refractivity contribution in [3.05, 3.63) is 59.7 Å². The van der Waals surface area contributed by atoms with Gasteiger partial charge in [0.2, 0.25) is 0 Å². The molecule has 1 aliphatic rings. The average molecular weight is 375 g/mol. The summed E-state index contributed by atoms with van der Waals surface area (Å²) in [5, 5.41) is 0. The maximum atomic E-state index is 12.5. The van der Waals surface area contributed by atoms with Gasteiger partial charge in [0, 0.05) is 18.8 Å². The maximum Gasteiger partial charge on any atom is 0.261 e. The summed E-state index contributed by atoms with van der Waals surface area (Å²) in [5.41, 5.74) is 2.73. The van der Waals surface area contributed by atoms with Crippen LogP contribution >= 0.6 is 0 Å². The van der Waals surface area contributed by atoms with E-state index in [1.54, 1.807) is 24.3 Å². The lowest BCUT2D eigenvalue weighted by atomic mass is 10.1. The van der Waals surface area contributed by atoms with Crippen LogP contribution in [0, 0.1) is 0 Å². The Balaban J connectivity index is 1.70. The molecular formula is C20H26N2O3S. The van der Waals surface area contributed by atoms with Gasteiger partial charge in [-0.1, -0.05) is 38.1 Å². The number of likely N-dealkylation sites (N-methyl/N-ethyl adjacent to an activating group) is 1. The lowest BCUT2D eigenvalue weighted by molar-refractivity contribution is -0.0281. The van der Waals surface area contributed by atoms with Crippen LogP contribution in [0.2, 0.25) is 0 Å². The Morgan fingerprint density at radius 2 is 1.77 bits per heavy atom. The van der Waals surface area contributed by atoms with Crippen LogP contribution in [0.3, 0.4) is 0 Å². The van der Waals surface area contributed by atoms with Crippen LogP contribution in [0.5, 0.6) is 0 Å². The predicted octanol–water partition coefficient (Wildman–Crippen LogP) is 3.44. The van der Waals surface area contributed by atoms with E-state index in [0.717, 1.165) is 43.8 Å². The molecule has 6 heteroatoms. The topological polar surface area (TPSA) is 58.6 Å². The molecule has 1 aliphatic heterocycles. The number of sulfonamides is 1. The molecule has 0 bridgehead atoms. The third-order valence-electron chi connectivity index (χ3n) is 4.77. The fourth-order valence-corrected chi connectivity index (χ4v) is 4.13. The Morgan fingerprint density at radius 1 is 1.08 bits per heavy atom. The number of hydrogen-bond donors (Lipinski definition) is 1. The summed E-state index contributed by atoms with van der Waals surface area (Å²) >= 11 is 0. The lowest BCUT2D eigenvalue weighted by Gasteiger charge is -2.32. The van der Waals surface area contributed by atoms with E-state index in [1.807, 2.05) is 31.2 Å². The average Bonchev–Trinajstić information content (AvgIpc) is 2.68. The monoisotopic (exact) mass is 374 g/mol. The molecule has 0 aliphatic carbocycles. The lowest BCUT2D eigenvalue weighted by Crippen LogP contribution is -2.38. The van der Waals surface area contributed by atoms with Crippen LogP contribution in [-0.2, 0) is 21.2 Å². The Morgan fingerprint density at radius 3 is 2.38 bits per heavy atom. The van der Waals surface area contributed by atoms with Gasteiger partial charge in [0.1, 0.15) is 0 Å². The van der Waals surface area contributed by atoms with E-state index in [1.165, 1.54) is 0 Å². The fraction of sp³-hybridized carbons (Fsp3) is 0.400. The van der Waals surface area contributed by atoms with E-state index in [4.69, 9.17) is 4.74 Å². The first kappa shape index (κ1) is 18.9. The summed E-state index contributed by atoms with van der Waals surface area (Å²) in [6, 6.07) is 14.4. The minimum atomic E-state index is -3.58. The first-order valence-electron chi connectivity index (χ1n) is 9.07. The SMILES string of the molecule is CCc1ccc(S(=O)(=O)Nc2ccc(C3CN(CC)CCO3)cc2)cc1. The number of hydrogen-bond acceptors (Lipinski definition) is 4. The zero-order chi connectivity index (χ0) is 18.6. The molecule has 2 aromatic rings. The van der Waals surface area contributed by atoms with E-state index >= 15 is 0 Å². The molecule has 1 heterocycles. The van der Waals surface area contributed by atoms with Gasteiger partial charge in [0.05, 0.1) is 17.6 Å². The van der Waals surface area contributed by atoms with Crippen molar-refractivity contribution in [2.45, 2.75) is 31.3 Å². The van der Waals surface area contributed by atoms with Gasteiger partial charge >= 0.3 is 0 Å². The van der Waals surface area contributed by atoms with Gasteiger partial charge in [-0.15, -0.1) is 0 Å².